The van der Waals surface area contributed by atoms with Gasteiger partial charge in [-0.2, -0.15) is 0 Å². The van der Waals surface area contributed by atoms with Crippen LogP contribution in [0.5, 0.6) is 5.75 Å². The lowest BCUT2D eigenvalue weighted by atomic mass is 9.97. The summed E-state index contributed by atoms with van der Waals surface area (Å²) in [5, 5.41) is 0. The van der Waals surface area contributed by atoms with Gasteiger partial charge in [-0.25, -0.2) is 0 Å². The third kappa shape index (κ3) is 6.82. The monoisotopic (exact) mass is 469 g/mol. The number of nitrogens with zero attached hydrogens (tertiary/aromatic N) is 3. The van der Waals surface area contributed by atoms with Crippen LogP contribution in [0.1, 0.15) is 29.7 Å². The van der Waals surface area contributed by atoms with Gasteiger partial charge in [0.25, 0.3) is 0 Å². The Hall–Kier alpha value is -2.92. The van der Waals surface area contributed by atoms with Gasteiger partial charge in [-0.05, 0) is 36.7 Å². The van der Waals surface area contributed by atoms with Gasteiger partial charge in [0.2, 0.25) is 0 Å². The molecule has 3 aromatic rings. The molecule has 0 bridgehead atoms. The summed E-state index contributed by atoms with van der Waals surface area (Å²) >= 11 is 0. The van der Waals surface area contributed by atoms with Crippen LogP contribution in [0.4, 0.5) is 0 Å². The third-order valence-electron chi connectivity index (χ3n) is 7.14. The molecule has 35 heavy (non-hydrogen) atoms. The first kappa shape index (κ1) is 25.2. The van der Waals surface area contributed by atoms with Crippen molar-refractivity contribution in [1.82, 2.24) is 14.7 Å². The molecule has 1 atom stereocenters. The Morgan fingerprint density at radius 2 is 1.43 bits per heavy atom. The summed E-state index contributed by atoms with van der Waals surface area (Å²) < 4.78 is 5.73. The predicted molar refractivity (Wildman–Crippen MR) is 147 cm³/mol. The van der Waals surface area contributed by atoms with Crippen LogP contribution in [-0.2, 0) is 0 Å². The molecule has 0 amide bonds. The Morgan fingerprint density at radius 1 is 0.857 bits per heavy atom. The van der Waals surface area contributed by atoms with Crippen molar-refractivity contribution in [2.75, 3.05) is 60.0 Å². The minimum Gasteiger partial charge on any atom is -0.496 e. The minimum absolute atomic E-state index is 0.239. The Bertz CT molecular complexity index is 1020. The molecule has 1 heterocycles. The van der Waals surface area contributed by atoms with E-state index in [1.807, 2.05) is 6.07 Å². The number of hydrogen-bond donors (Lipinski definition) is 0. The van der Waals surface area contributed by atoms with Gasteiger partial charge in [0.15, 0.2) is 0 Å². The van der Waals surface area contributed by atoms with E-state index < -0.39 is 0 Å². The Balaban J connectivity index is 1.60. The Kier molecular flexibility index (Phi) is 9.13. The van der Waals surface area contributed by atoms with Crippen molar-refractivity contribution in [3.63, 3.8) is 0 Å². The molecular weight excluding hydrogens is 430 g/mol. The van der Waals surface area contributed by atoms with Gasteiger partial charge in [-0.15, -0.1) is 0 Å². The molecular formula is C31H39N3O. The minimum atomic E-state index is 0.239. The molecule has 0 aliphatic carbocycles. The summed E-state index contributed by atoms with van der Waals surface area (Å²) in [6.45, 7) is 9.84. The number of piperazine rings is 1. The molecule has 1 unspecified atom stereocenters. The fourth-order valence-corrected chi connectivity index (χ4v) is 4.84. The number of rotatable bonds is 10. The highest BCUT2D eigenvalue weighted by molar-refractivity contribution is 5.79. The fourth-order valence-electron chi connectivity index (χ4n) is 4.84. The van der Waals surface area contributed by atoms with Gasteiger partial charge in [0.05, 0.1) is 7.11 Å². The highest BCUT2D eigenvalue weighted by Crippen LogP contribution is 2.30. The number of hydrogen-bond acceptors (Lipinski definition) is 4. The van der Waals surface area contributed by atoms with Crippen LogP contribution in [0.2, 0.25) is 0 Å². The molecule has 0 saturated carbocycles. The molecule has 1 aliphatic heterocycles. The number of ether oxygens (including phenoxy) is 1. The summed E-state index contributed by atoms with van der Waals surface area (Å²) in [5.41, 5.74) is 5.02. The zero-order valence-electron chi connectivity index (χ0n) is 21.4. The average Bonchev–Trinajstić information content (AvgIpc) is 2.92. The van der Waals surface area contributed by atoms with Crippen molar-refractivity contribution in [2.45, 2.75) is 13.0 Å². The molecule has 4 heteroatoms. The van der Waals surface area contributed by atoms with Crippen LogP contribution in [0.3, 0.4) is 0 Å². The van der Waals surface area contributed by atoms with Gasteiger partial charge in [-0.3, -0.25) is 9.80 Å². The smallest absolute Gasteiger partial charge is 0.123 e. The predicted octanol–water partition coefficient (Wildman–Crippen LogP) is 5.44. The van der Waals surface area contributed by atoms with E-state index >= 15 is 0 Å². The highest BCUT2D eigenvalue weighted by atomic mass is 16.5. The topological polar surface area (TPSA) is 19.0 Å². The van der Waals surface area contributed by atoms with Crippen LogP contribution in [0.15, 0.2) is 91.0 Å². The Morgan fingerprint density at radius 3 is 2.03 bits per heavy atom. The fraction of sp³-hybridized carbons (Fsp3) is 0.355. The zero-order chi connectivity index (χ0) is 24.5. The second kappa shape index (κ2) is 12.7. The van der Waals surface area contributed by atoms with Crippen molar-refractivity contribution in [1.29, 1.82) is 0 Å². The number of likely N-dealkylation sites (N-methyl/N-ethyl adjacent to an activating group) is 1. The van der Waals surface area contributed by atoms with E-state index in [9.17, 15) is 0 Å². The van der Waals surface area contributed by atoms with E-state index in [-0.39, 0.29) is 6.04 Å². The summed E-state index contributed by atoms with van der Waals surface area (Å²) in [7, 11) is 3.98. The highest BCUT2D eigenvalue weighted by Gasteiger charge is 2.21. The Labute approximate surface area is 211 Å². The molecule has 1 aliphatic rings. The SMILES string of the molecule is COc1ccccc1C(C)N(CC=C(c1ccccc1)c1ccccc1)CCN1CCN(C)CC1. The van der Waals surface area contributed by atoms with E-state index in [2.05, 4.69) is 114 Å². The summed E-state index contributed by atoms with van der Waals surface area (Å²) in [6, 6.07) is 30.1. The molecule has 1 fully saturated rings. The maximum absolute atomic E-state index is 5.73. The first-order valence-corrected chi connectivity index (χ1v) is 12.7. The molecule has 1 saturated heterocycles. The summed E-state index contributed by atoms with van der Waals surface area (Å²) in [6.07, 6.45) is 2.40. The van der Waals surface area contributed by atoms with Crippen LogP contribution < -0.4 is 4.74 Å². The van der Waals surface area contributed by atoms with Crippen molar-refractivity contribution in [3.05, 3.63) is 108 Å². The molecule has 4 rings (SSSR count). The lowest BCUT2D eigenvalue weighted by molar-refractivity contribution is 0.127. The first-order valence-electron chi connectivity index (χ1n) is 12.7. The van der Waals surface area contributed by atoms with Crippen molar-refractivity contribution < 1.29 is 4.74 Å². The van der Waals surface area contributed by atoms with E-state index in [4.69, 9.17) is 4.74 Å². The standard InChI is InChI=1S/C31H39N3O/c1-26(29-16-10-11-17-31(29)35-3)34(25-24-33-22-20-32(2)21-23-33)19-18-30(27-12-6-4-7-13-27)28-14-8-5-9-15-28/h4-18,26H,19-25H2,1-3H3. The maximum atomic E-state index is 5.73. The van der Waals surface area contributed by atoms with Gasteiger partial charge in [0, 0.05) is 57.4 Å². The molecule has 184 valence electrons. The van der Waals surface area contributed by atoms with Crippen molar-refractivity contribution >= 4 is 5.57 Å². The number of methoxy groups -OCH3 is 1. The van der Waals surface area contributed by atoms with E-state index in [0.717, 1.165) is 51.6 Å². The number of benzene rings is 3. The molecule has 0 spiro atoms. The zero-order valence-corrected chi connectivity index (χ0v) is 21.4. The van der Waals surface area contributed by atoms with Crippen LogP contribution >= 0.6 is 0 Å². The van der Waals surface area contributed by atoms with Gasteiger partial charge in [0.1, 0.15) is 5.75 Å². The van der Waals surface area contributed by atoms with Crippen LogP contribution in [0, 0.1) is 0 Å². The van der Waals surface area contributed by atoms with Crippen molar-refractivity contribution in [3.8, 4) is 5.75 Å². The quantitative estimate of drug-likeness (QED) is 0.394. The lowest BCUT2D eigenvalue weighted by Crippen LogP contribution is -2.47. The summed E-state index contributed by atoms with van der Waals surface area (Å²) in [4.78, 5) is 7.60. The van der Waals surface area contributed by atoms with Gasteiger partial charge >= 0.3 is 0 Å². The van der Waals surface area contributed by atoms with Crippen LogP contribution in [-0.4, -0.2) is 74.7 Å². The van der Waals surface area contributed by atoms with E-state index in [1.165, 1.54) is 22.3 Å². The second-order valence-electron chi connectivity index (χ2n) is 9.41. The molecule has 0 N–H and O–H groups in total. The average molecular weight is 470 g/mol. The first-order chi connectivity index (χ1) is 17.2. The molecule has 4 nitrogen and oxygen atoms in total. The largest absolute Gasteiger partial charge is 0.496 e. The summed E-state index contributed by atoms with van der Waals surface area (Å²) in [5.74, 6) is 0.958. The van der Waals surface area contributed by atoms with Crippen molar-refractivity contribution in [2.24, 2.45) is 0 Å². The molecule has 3 aromatic carbocycles. The van der Waals surface area contributed by atoms with Crippen LogP contribution in [0.25, 0.3) is 5.57 Å². The number of para-hydroxylation sites is 1. The van der Waals surface area contributed by atoms with Gasteiger partial charge in [-0.1, -0.05) is 84.9 Å². The van der Waals surface area contributed by atoms with E-state index in [0.29, 0.717) is 0 Å². The van der Waals surface area contributed by atoms with Gasteiger partial charge < -0.3 is 9.64 Å². The van der Waals surface area contributed by atoms with E-state index in [1.54, 1.807) is 7.11 Å². The lowest BCUT2D eigenvalue weighted by Gasteiger charge is -2.35. The second-order valence-corrected chi connectivity index (χ2v) is 9.41. The third-order valence-corrected chi connectivity index (χ3v) is 7.14. The molecule has 0 aromatic heterocycles. The molecule has 0 radical (unpaired) electrons. The normalized spacial score (nSPS) is 15.7. The maximum Gasteiger partial charge on any atom is 0.123 e.